The van der Waals surface area contributed by atoms with Crippen LogP contribution < -0.4 is 4.74 Å². The third-order valence-electron chi connectivity index (χ3n) is 5.01. The van der Waals surface area contributed by atoms with Crippen LogP contribution in [-0.2, 0) is 11.2 Å². The van der Waals surface area contributed by atoms with Crippen LogP contribution in [-0.4, -0.2) is 22.4 Å². The Balaban J connectivity index is 1.57. The van der Waals surface area contributed by atoms with Crippen LogP contribution in [0.25, 0.3) is 11.4 Å². The first-order valence-corrected chi connectivity index (χ1v) is 9.81. The molecule has 0 aliphatic rings. The van der Waals surface area contributed by atoms with Gasteiger partial charge in [0.25, 0.3) is 0 Å². The van der Waals surface area contributed by atoms with E-state index in [1.54, 1.807) is 0 Å². The molecule has 0 radical (unpaired) electrons. The molecule has 1 heterocycles. The van der Waals surface area contributed by atoms with Gasteiger partial charge in [0.15, 0.2) is 5.78 Å². The van der Waals surface area contributed by atoms with E-state index in [4.69, 9.17) is 4.74 Å². The van der Waals surface area contributed by atoms with E-state index in [-0.39, 0.29) is 18.3 Å². The van der Waals surface area contributed by atoms with E-state index >= 15 is 0 Å². The van der Waals surface area contributed by atoms with E-state index in [2.05, 4.69) is 23.8 Å². The highest BCUT2D eigenvalue weighted by Crippen LogP contribution is 2.23. The minimum Gasteiger partial charge on any atom is -0.486 e. The van der Waals surface area contributed by atoms with E-state index in [0.29, 0.717) is 12.3 Å². The number of aromatic nitrogens is 2. The van der Waals surface area contributed by atoms with Gasteiger partial charge in [0, 0.05) is 23.9 Å². The van der Waals surface area contributed by atoms with E-state index in [1.807, 2.05) is 67.7 Å². The summed E-state index contributed by atoms with van der Waals surface area (Å²) in [6.07, 6.45) is 3.18. The monoisotopic (exact) mass is 376 g/mol. The molecular formula is C24H28N2O2. The summed E-state index contributed by atoms with van der Waals surface area (Å²) in [6.45, 7) is 6.46. The number of aryl methyl sites for hydroxylation is 1. The molecular weight excluding hydrogens is 348 g/mol. The second-order valence-corrected chi connectivity index (χ2v) is 7.68. The van der Waals surface area contributed by atoms with Crippen molar-refractivity contribution in [3.63, 3.8) is 0 Å². The summed E-state index contributed by atoms with van der Waals surface area (Å²) in [4.78, 5) is 20.4. The van der Waals surface area contributed by atoms with Crippen molar-refractivity contribution in [3.8, 4) is 17.1 Å². The molecule has 4 heteroatoms. The fourth-order valence-corrected chi connectivity index (χ4v) is 3.18. The number of Topliss-reactive ketones (excluding diaryl/α,β-unsaturated/α-hetero) is 1. The van der Waals surface area contributed by atoms with Crippen molar-refractivity contribution in [3.05, 3.63) is 72.1 Å². The zero-order chi connectivity index (χ0) is 19.9. The van der Waals surface area contributed by atoms with Gasteiger partial charge in [0.1, 0.15) is 18.2 Å². The summed E-state index contributed by atoms with van der Waals surface area (Å²) >= 11 is 0. The number of ketones is 1. The van der Waals surface area contributed by atoms with E-state index in [9.17, 15) is 4.79 Å². The zero-order valence-electron chi connectivity index (χ0n) is 16.8. The molecule has 1 atom stereocenters. The lowest BCUT2D eigenvalue weighted by atomic mass is 9.87. The van der Waals surface area contributed by atoms with Gasteiger partial charge in [-0.15, -0.1) is 0 Å². The van der Waals surface area contributed by atoms with Crippen LogP contribution in [0.15, 0.2) is 60.8 Å². The quantitative estimate of drug-likeness (QED) is 0.556. The van der Waals surface area contributed by atoms with Crippen molar-refractivity contribution >= 4 is 5.78 Å². The molecule has 1 aromatic heterocycles. The number of ether oxygens (including phenoxy) is 1. The number of H-pyrrole nitrogens is 1. The van der Waals surface area contributed by atoms with Crippen molar-refractivity contribution in [1.29, 1.82) is 0 Å². The van der Waals surface area contributed by atoms with Crippen molar-refractivity contribution in [1.82, 2.24) is 9.97 Å². The lowest BCUT2D eigenvalue weighted by Gasteiger charge is -2.19. The van der Waals surface area contributed by atoms with Crippen LogP contribution in [0.5, 0.6) is 5.75 Å². The van der Waals surface area contributed by atoms with Gasteiger partial charge in [-0.1, -0.05) is 61.9 Å². The Bertz CT molecular complexity index is 882. The Morgan fingerprint density at radius 3 is 2.46 bits per heavy atom. The molecule has 0 saturated carbocycles. The van der Waals surface area contributed by atoms with Gasteiger partial charge in [-0.3, -0.25) is 4.79 Å². The van der Waals surface area contributed by atoms with Crippen molar-refractivity contribution in [2.75, 3.05) is 6.61 Å². The number of hydrogen-bond acceptors (Lipinski definition) is 3. The van der Waals surface area contributed by atoms with Crippen molar-refractivity contribution < 1.29 is 9.53 Å². The van der Waals surface area contributed by atoms with Crippen LogP contribution in [0.1, 0.15) is 31.5 Å². The number of nitrogens with zero attached hydrogens (tertiary/aromatic N) is 1. The minimum atomic E-state index is 0.116. The molecule has 0 amide bonds. The van der Waals surface area contributed by atoms with Gasteiger partial charge < -0.3 is 9.72 Å². The highest BCUT2D eigenvalue weighted by Gasteiger charge is 2.20. The molecule has 0 spiro atoms. The normalized spacial score (nSPS) is 12.1. The standard InChI is InChI=1S/C24H28N2O2/c1-17(2)20(14-22(27)16-28-23-11-9-18(3)10-12-23)13-21-15-25-24(26-21)19-7-5-4-6-8-19/h4-12,15,17,20H,13-14,16H2,1-3H3,(H,25,26). The Kier molecular flexibility index (Phi) is 6.64. The van der Waals surface area contributed by atoms with Gasteiger partial charge >= 0.3 is 0 Å². The minimum absolute atomic E-state index is 0.116. The van der Waals surface area contributed by atoms with Crippen LogP contribution >= 0.6 is 0 Å². The maximum absolute atomic E-state index is 12.5. The average molecular weight is 377 g/mol. The molecule has 0 saturated heterocycles. The smallest absolute Gasteiger partial charge is 0.170 e. The summed E-state index contributed by atoms with van der Waals surface area (Å²) in [5.74, 6) is 2.38. The number of benzene rings is 2. The van der Waals surface area contributed by atoms with Crippen molar-refractivity contribution in [2.45, 2.75) is 33.6 Å². The molecule has 0 bridgehead atoms. The lowest BCUT2D eigenvalue weighted by molar-refractivity contribution is -0.122. The zero-order valence-corrected chi connectivity index (χ0v) is 16.8. The average Bonchev–Trinajstić information content (AvgIpc) is 3.16. The molecule has 0 aliphatic heterocycles. The topological polar surface area (TPSA) is 55.0 Å². The van der Waals surface area contributed by atoms with Crippen LogP contribution in [0, 0.1) is 18.8 Å². The van der Waals surface area contributed by atoms with Gasteiger partial charge in [-0.2, -0.15) is 0 Å². The SMILES string of the molecule is Cc1ccc(OCC(=O)CC(Cc2cnc(-c3ccccc3)[nH]2)C(C)C)cc1. The number of aromatic amines is 1. The largest absolute Gasteiger partial charge is 0.486 e. The highest BCUT2D eigenvalue weighted by molar-refractivity contribution is 5.80. The lowest BCUT2D eigenvalue weighted by Crippen LogP contribution is -2.21. The number of hydrogen-bond donors (Lipinski definition) is 1. The molecule has 0 aliphatic carbocycles. The van der Waals surface area contributed by atoms with Crippen LogP contribution in [0.4, 0.5) is 0 Å². The molecule has 3 aromatic rings. The Morgan fingerprint density at radius 1 is 1.07 bits per heavy atom. The summed E-state index contributed by atoms with van der Waals surface area (Å²) in [5, 5.41) is 0. The van der Waals surface area contributed by atoms with E-state index < -0.39 is 0 Å². The fraction of sp³-hybridized carbons (Fsp3) is 0.333. The first kappa shape index (κ1) is 19.9. The Morgan fingerprint density at radius 2 is 1.79 bits per heavy atom. The summed E-state index contributed by atoms with van der Waals surface area (Å²) in [6, 6.07) is 17.8. The molecule has 2 aromatic carbocycles. The number of rotatable bonds is 9. The number of nitrogens with one attached hydrogen (secondary N) is 1. The fourth-order valence-electron chi connectivity index (χ4n) is 3.18. The molecule has 3 rings (SSSR count). The highest BCUT2D eigenvalue weighted by atomic mass is 16.5. The maximum atomic E-state index is 12.5. The molecule has 1 unspecified atom stereocenters. The molecule has 28 heavy (non-hydrogen) atoms. The molecule has 0 fully saturated rings. The van der Waals surface area contributed by atoms with E-state index in [1.165, 1.54) is 5.56 Å². The second-order valence-electron chi connectivity index (χ2n) is 7.68. The van der Waals surface area contributed by atoms with Crippen LogP contribution in [0.3, 0.4) is 0 Å². The Hall–Kier alpha value is -2.88. The predicted molar refractivity (Wildman–Crippen MR) is 112 cm³/mol. The number of carbonyl (C=O) groups is 1. The molecule has 4 nitrogen and oxygen atoms in total. The maximum Gasteiger partial charge on any atom is 0.170 e. The third-order valence-corrected chi connectivity index (χ3v) is 5.01. The van der Waals surface area contributed by atoms with Gasteiger partial charge in [0.05, 0.1) is 0 Å². The third kappa shape index (κ3) is 5.56. The van der Waals surface area contributed by atoms with Gasteiger partial charge in [-0.05, 0) is 37.3 Å². The van der Waals surface area contributed by atoms with Gasteiger partial charge in [0.2, 0.25) is 0 Å². The summed E-state index contributed by atoms with van der Waals surface area (Å²) in [5.41, 5.74) is 3.30. The predicted octanol–water partition coefficient (Wildman–Crippen LogP) is 5.24. The first-order valence-electron chi connectivity index (χ1n) is 9.81. The summed E-state index contributed by atoms with van der Waals surface area (Å²) in [7, 11) is 0. The second kappa shape index (κ2) is 9.36. The number of imidazole rings is 1. The van der Waals surface area contributed by atoms with Crippen molar-refractivity contribution in [2.24, 2.45) is 11.8 Å². The summed E-state index contributed by atoms with van der Waals surface area (Å²) < 4.78 is 5.65. The van der Waals surface area contributed by atoms with Crippen LogP contribution in [0.2, 0.25) is 0 Å². The van der Waals surface area contributed by atoms with Gasteiger partial charge in [-0.25, -0.2) is 4.98 Å². The Labute approximate surface area is 167 Å². The molecule has 1 N–H and O–H groups in total. The van der Waals surface area contributed by atoms with E-state index in [0.717, 1.165) is 29.3 Å². The molecule has 146 valence electrons. The first-order chi connectivity index (χ1) is 13.5. The number of carbonyl (C=O) groups excluding carboxylic acids is 1.